The van der Waals surface area contributed by atoms with Gasteiger partial charge in [-0.2, -0.15) is 5.26 Å². The Morgan fingerprint density at radius 2 is 1.95 bits per heavy atom. The van der Waals surface area contributed by atoms with Crippen LogP contribution in [0.15, 0.2) is 42.5 Å². The van der Waals surface area contributed by atoms with Crippen LogP contribution in [0.1, 0.15) is 21.5 Å². The Hall–Kier alpha value is -2.67. The van der Waals surface area contributed by atoms with E-state index in [2.05, 4.69) is 0 Å². The molecule has 2 aromatic carbocycles. The molecule has 0 bridgehead atoms. The molecule has 0 amide bonds. The fourth-order valence-corrected chi connectivity index (χ4v) is 1.70. The Kier molecular flexibility index (Phi) is 4.11. The number of carbonyl (C=O) groups excluding carboxylic acids is 1. The molecule has 3 nitrogen and oxygen atoms in total. The SMILES string of the molecule is Cc1ccc(C(=O)COc2cccc(F)c2C#N)cc1. The highest BCUT2D eigenvalue weighted by atomic mass is 19.1. The third-order valence-corrected chi connectivity index (χ3v) is 2.82. The highest BCUT2D eigenvalue weighted by Gasteiger charge is 2.11. The Morgan fingerprint density at radius 3 is 2.60 bits per heavy atom. The Balaban J connectivity index is 2.10. The van der Waals surface area contributed by atoms with Gasteiger partial charge in [-0.3, -0.25) is 4.79 Å². The maximum absolute atomic E-state index is 13.4. The molecule has 0 aliphatic rings. The zero-order chi connectivity index (χ0) is 14.5. The number of nitriles is 1. The number of carbonyl (C=O) groups is 1. The van der Waals surface area contributed by atoms with Crippen LogP contribution in [0.25, 0.3) is 0 Å². The lowest BCUT2D eigenvalue weighted by Gasteiger charge is -2.07. The Morgan fingerprint density at radius 1 is 1.25 bits per heavy atom. The summed E-state index contributed by atoms with van der Waals surface area (Å²) in [5.41, 5.74) is 1.38. The molecule has 0 spiro atoms. The van der Waals surface area contributed by atoms with Crippen LogP contribution in [-0.2, 0) is 0 Å². The van der Waals surface area contributed by atoms with Gasteiger partial charge in [0.15, 0.2) is 12.4 Å². The molecule has 20 heavy (non-hydrogen) atoms. The van der Waals surface area contributed by atoms with Crippen LogP contribution in [0.4, 0.5) is 4.39 Å². The van der Waals surface area contributed by atoms with Crippen LogP contribution in [0, 0.1) is 24.1 Å². The van der Waals surface area contributed by atoms with E-state index in [1.807, 2.05) is 19.1 Å². The van der Waals surface area contributed by atoms with E-state index in [1.165, 1.54) is 18.2 Å². The van der Waals surface area contributed by atoms with Gasteiger partial charge in [-0.25, -0.2) is 4.39 Å². The van der Waals surface area contributed by atoms with Gasteiger partial charge >= 0.3 is 0 Å². The van der Waals surface area contributed by atoms with Crippen molar-refractivity contribution in [1.29, 1.82) is 5.26 Å². The van der Waals surface area contributed by atoms with Gasteiger partial charge in [-0.15, -0.1) is 0 Å². The summed E-state index contributed by atoms with van der Waals surface area (Å²) in [6, 6.07) is 12.9. The first-order valence-electron chi connectivity index (χ1n) is 6.03. The van der Waals surface area contributed by atoms with Crippen molar-refractivity contribution in [2.75, 3.05) is 6.61 Å². The predicted molar refractivity (Wildman–Crippen MR) is 72.1 cm³/mol. The van der Waals surface area contributed by atoms with Crippen LogP contribution in [0.5, 0.6) is 5.75 Å². The molecular weight excluding hydrogens is 257 g/mol. The number of rotatable bonds is 4. The summed E-state index contributed by atoms with van der Waals surface area (Å²) in [7, 11) is 0. The number of ketones is 1. The summed E-state index contributed by atoms with van der Waals surface area (Å²) in [5, 5.41) is 8.86. The van der Waals surface area contributed by atoms with Gasteiger partial charge in [0.05, 0.1) is 0 Å². The third kappa shape index (κ3) is 3.01. The van der Waals surface area contributed by atoms with Crippen LogP contribution in [-0.4, -0.2) is 12.4 Å². The number of Topliss-reactive ketones (excluding diaryl/α,β-unsaturated/α-hetero) is 1. The van der Waals surface area contributed by atoms with E-state index in [4.69, 9.17) is 10.00 Å². The average molecular weight is 269 g/mol. The molecule has 2 aromatic rings. The predicted octanol–water partition coefficient (Wildman–Crippen LogP) is 3.27. The molecule has 0 saturated heterocycles. The van der Waals surface area contributed by atoms with E-state index in [0.29, 0.717) is 5.56 Å². The molecular formula is C16H12FNO2. The van der Waals surface area contributed by atoms with Crippen molar-refractivity contribution in [2.45, 2.75) is 6.92 Å². The molecule has 4 heteroatoms. The van der Waals surface area contributed by atoms with Gasteiger partial charge in [0, 0.05) is 5.56 Å². The van der Waals surface area contributed by atoms with Crippen molar-refractivity contribution in [3.63, 3.8) is 0 Å². The second-order valence-electron chi connectivity index (χ2n) is 4.30. The molecule has 100 valence electrons. The minimum Gasteiger partial charge on any atom is -0.484 e. The van der Waals surface area contributed by atoms with E-state index < -0.39 is 5.82 Å². The lowest BCUT2D eigenvalue weighted by atomic mass is 10.1. The zero-order valence-electron chi connectivity index (χ0n) is 10.9. The zero-order valence-corrected chi connectivity index (χ0v) is 10.9. The summed E-state index contributed by atoms with van der Waals surface area (Å²) >= 11 is 0. The fraction of sp³-hybridized carbons (Fsp3) is 0.125. The summed E-state index contributed by atoms with van der Waals surface area (Å²) in [6.07, 6.45) is 0. The monoisotopic (exact) mass is 269 g/mol. The smallest absolute Gasteiger partial charge is 0.200 e. The normalized spacial score (nSPS) is 9.85. The molecule has 0 atom stereocenters. The quantitative estimate of drug-likeness (QED) is 0.800. The molecule has 0 aliphatic heterocycles. The minimum absolute atomic E-state index is 0.0768. The molecule has 0 saturated carbocycles. The first kappa shape index (κ1) is 13.8. The van der Waals surface area contributed by atoms with Crippen molar-refractivity contribution >= 4 is 5.78 Å². The number of hydrogen-bond acceptors (Lipinski definition) is 3. The highest BCUT2D eigenvalue weighted by Crippen LogP contribution is 2.20. The molecule has 0 aromatic heterocycles. The van der Waals surface area contributed by atoms with Crippen molar-refractivity contribution in [2.24, 2.45) is 0 Å². The van der Waals surface area contributed by atoms with E-state index in [1.54, 1.807) is 18.2 Å². The molecule has 0 N–H and O–H groups in total. The summed E-state index contributed by atoms with van der Waals surface area (Å²) in [5.74, 6) is -0.807. The molecule has 0 fully saturated rings. The maximum Gasteiger partial charge on any atom is 0.200 e. The number of aryl methyl sites for hydroxylation is 1. The van der Waals surface area contributed by atoms with Gasteiger partial charge in [-0.05, 0) is 19.1 Å². The lowest BCUT2D eigenvalue weighted by Crippen LogP contribution is -2.12. The average Bonchev–Trinajstić information content (AvgIpc) is 2.45. The maximum atomic E-state index is 13.4. The number of hydrogen-bond donors (Lipinski definition) is 0. The van der Waals surface area contributed by atoms with Crippen molar-refractivity contribution in [3.8, 4) is 11.8 Å². The summed E-state index contributed by atoms with van der Waals surface area (Å²) in [4.78, 5) is 11.9. The number of benzene rings is 2. The number of halogens is 1. The highest BCUT2D eigenvalue weighted by molar-refractivity contribution is 5.97. The largest absolute Gasteiger partial charge is 0.484 e. The van der Waals surface area contributed by atoms with Gasteiger partial charge in [0.1, 0.15) is 23.2 Å². The van der Waals surface area contributed by atoms with Crippen LogP contribution in [0.3, 0.4) is 0 Å². The molecule has 0 unspecified atom stereocenters. The number of nitrogens with zero attached hydrogens (tertiary/aromatic N) is 1. The Labute approximate surface area is 116 Å². The third-order valence-electron chi connectivity index (χ3n) is 2.82. The van der Waals surface area contributed by atoms with Gasteiger partial charge in [0.2, 0.25) is 0 Å². The molecule has 0 aliphatic carbocycles. The summed E-state index contributed by atoms with van der Waals surface area (Å²) in [6.45, 7) is 1.69. The Bertz CT molecular complexity index is 672. The standard InChI is InChI=1S/C16H12FNO2/c1-11-5-7-12(8-6-11)15(19)10-20-16-4-2-3-14(17)13(16)9-18/h2-8H,10H2,1H3. The van der Waals surface area contributed by atoms with Crippen LogP contribution >= 0.6 is 0 Å². The van der Waals surface area contributed by atoms with Crippen LogP contribution in [0.2, 0.25) is 0 Å². The van der Waals surface area contributed by atoms with Crippen molar-refractivity contribution < 1.29 is 13.9 Å². The van der Waals surface area contributed by atoms with Crippen LogP contribution < -0.4 is 4.74 Å². The van der Waals surface area contributed by atoms with E-state index in [-0.39, 0.29) is 23.7 Å². The number of ether oxygens (including phenoxy) is 1. The first-order valence-corrected chi connectivity index (χ1v) is 6.03. The topological polar surface area (TPSA) is 50.1 Å². The molecule has 0 radical (unpaired) electrons. The van der Waals surface area contributed by atoms with E-state index in [0.717, 1.165) is 5.56 Å². The van der Waals surface area contributed by atoms with Gasteiger partial charge < -0.3 is 4.74 Å². The van der Waals surface area contributed by atoms with Gasteiger partial charge in [-0.1, -0.05) is 35.9 Å². The summed E-state index contributed by atoms with van der Waals surface area (Å²) < 4.78 is 18.6. The second-order valence-corrected chi connectivity index (χ2v) is 4.30. The van der Waals surface area contributed by atoms with E-state index >= 15 is 0 Å². The van der Waals surface area contributed by atoms with Gasteiger partial charge in [0.25, 0.3) is 0 Å². The fourth-order valence-electron chi connectivity index (χ4n) is 1.70. The first-order chi connectivity index (χ1) is 9.61. The second kappa shape index (κ2) is 5.98. The molecule has 2 rings (SSSR count). The molecule has 0 heterocycles. The van der Waals surface area contributed by atoms with Crippen molar-refractivity contribution in [3.05, 3.63) is 65.0 Å². The lowest BCUT2D eigenvalue weighted by molar-refractivity contribution is 0.0921. The minimum atomic E-state index is -0.659. The van der Waals surface area contributed by atoms with Crippen molar-refractivity contribution in [1.82, 2.24) is 0 Å². The van der Waals surface area contributed by atoms with E-state index in [9.17, 15) is 9.18 Å².